The predicted molar refractivity (Wildman–Crippen MR) is 63.9 cm³/mol. The molecule has 4 nitrogen and oxygen atoms in total. The van der Waals surface area contributed by atoms with Crippen LogP contribution in [0.3, 0.4) is 0 Å². The molecule has 5 heteroatoms. The third-order valence-corrected chi connectivity index (χ3v) is 5.22. The maximum absolute atomic E-state index is 12.1. The largest absolute Gasteiger partial charge is 0.219 e. The maximum atomic E-state index is 12.1. The number of hydrogen-bond donors (Lipinski definition) is 0. The minimum absolute atomic E-state index is 0.0507. The highest BCUT2D eigenvalue weighted by Crippen LogP contribution is 2.34. The van der Waals surface area contributed by atoms with Crippen molar-refractivity contribution in [2.75, 3.05) is 0 Å². The Balaban J connectivity index is 3.96. The van der Waals surface area contributed by atoms with Crippen molar-refractivity contribution >= 4 is 9.84 Å². The Morgan fingerprint density at radius 2 is 1.29 bits per heavy atom. The number of allylic oxidation sites excluding steroid dienone is 6. The van der Waals surface area contributed by atoms with Gasteiger partial charge < -0.3 is 0 Å². The van der Waals surface area contributed by atoms with Crippen molar-refractivity contribution < 1.29 is 8.42 Å². The van der Waals surface area contributed by atoms with Crippen molar-refractivity contribution in [2.45, 2.75) is 27.7 Å². The van der Waals surface area contributed by atoms with Crippen LogP contribution in [0.25, 0.3) is 0 Å². The standard InChI is InChI=1S/C12H12N2O2S/c1-7-8(2)11(5-13)12(6-14)10(4)17(15,16)9(7)3/h1-4H3. The van der Waals surface area contributed by atoms with Gasteiger partial charge in [-0.25, -0.2) is 8.42 Å². The molecule has 0 aromatic heterocycles. The molecule has 0 aliphatic carbocycles. The molecule has 0 saturated carbocycles. The van der Waals surface area contributed by atoms with E-state index < -0.39 is 9.84 Å². The van der Waals surface area contributed by atoms with E-state index in [9.17, 15) is 8.42 Å². The molecule has 0 atom stereocenters. The van der Waals surface area contributed by atoms with Gasteiger partial charge in [0, 0.05) is 4.91 Å². The molecule has 0 aromatic carbocycles. The van der Waals surface area contributed by atoms with Crippen LogP contribution in [0.15, 0.2) is 32.1 Å². The van der Waals surface area contributed by atoms with E-state index in [-0.39, 0.29) is 21.0 Å². The van der Waals surface area contributed by atoms with E-state index in [0.29, 0.717) is 11.1 Å². The Labute approximate surface area is 101 Å². The van der Waals surface area contributed by atoms with Crippen LogP contribution in [0.4, 0.5) is 0 Å². The van der Waals surface area contributed by atoms with E-state index in [1.54, 1.807) is 13.8 Å². The molecular weight excluding hydrogens is 236 g/mol. The van der Waals surface area contributed by atoms with E-state index in [4.69, 9.17) is 10.5 Å². The van der Waals surface area contributed by atoms with Crippen LogP contribution in [0, 0.1) is 22.7 Å². The monoisotopic (exact) mass is 248 g/mol. The molecule has 1 aliphatic rings. The molecule has 88 valence electrons. The zero-order chi connectivity index (χ0) is 13.4. The topological polar surface area (TPSA) is 81.7 Å². The number of hydrogen-bond acceptors (Lipinski definition) is 4. The quantitative estimate of drug-likeness (QED) is 0.658. The Hall–Kier alpha value is -1.85. The zero-order valence-electron chi connectivity index (χ0n) is 10.1. The predicted octanol–water partition coefficient (Wildman–Crippen LogP) is 2.35. The highest BCUT2D eigenvalue weighted by molar-refractivity contribution is 7.99. The first-order valence-corrected chi connectivity index (χ1v) is 6.42. The van der Waals surface area contributed by atoms with Gasteiger partial charge in [-0.15, -0.1) is 0 Å². The molecule has 1 aliphatic heterocycles. The van der Waals surface area contributed by atoms with E-state index in [1.807, 2.05) is 12.1 Å². The molecule has 1 heterocycles. The molecule has 0 spiro atoms. The number of sulfone groups is 1. The third kappa shape index (κ3) is 1.79. The summed E-state index contributed by atoms with van der Waals surface area (Å²) in [6.45, 7) is 6.16. The van der Waals surface area contributed by atoms with Gasteiger partial charge >= 0.3 is 0 Å². The summed E-state index contributed by atoms with van der Waals surface area (Å²) in [6, 6.07) is 3.73. The summed E-state index contributed by atoms with van der Waals surface area (Å²) in [5.41, 5.74) is 1.16. The van der Waals surface area contributed by atoms with Gasteiger partial charge in [-0.1, -0.05) is 0 Å². The summed E-state index contributed by atoms with van der Waals surface area (Å²) in [7, 11) is -3.62. The average molecular weight is 248 g/mol. The van der Waals surface area contributed by atoms with E-state index in [2.05, 4.69) is 0 Å². The van der Waals surface area contributed by atoms with Gasteiger partial charge in [0.1, 0.15) is 12.1 Å². The smallest absolute Gasteiger partial charge is 0.200 e. The van der Waals surface area contributed by atoms with Crippen molar-refractivity contribution in [1.82, 2.24) is 0 Å². The summed E-state index contributed by atoms with van der Waals surface area (Å²) in [6.07, 6.45) is 0. The van der Waals surface area contributed by atoms with E-state index in [0.717, 1.165) is 0 Å². The Bertz CT molecular complexity index is 662. The van der Waals surface area contributed by atoms with Gasteiger partial charge in [0.15, 0.2) is 9.84 Å². The molecule has 17 heavy (non-hydrogen) atoms. The van der Waals surface area contributed by atoms with Crippen LogP contribution in [-0.4, -0.2) is 8.42 Å². The molecule has 0 unspecified atom stereocenters. The van der Waals surface area contributed by atoms with Crippen molar-refractivity contribution in [1.29, 1.82) is 10.5 Å². The minimum atomic E-state index is -3.62. The molecule has 0 amide bonds. The van der Waals surface area contributed by atoms with Crippen molar-refractivity contribution in [3.8, 4) is 12.1 Å². The fourth-order valence-electron chi connectivity index (χ4n) is 1.66. The maximum Gasteiger partial charge on any atom is 0.200 e. The lowest BCUT2D eigenvalue weighted by Gasteiger charge is -2.06. The summed E-state index contributed by atoms with van der Waals surface area (Å²) < 4.78 is 24.2. The van der Waals surface area contributed by atoms with E-state index in [1.165, 1.54) is 13.8 Å². The lowest BCUT2D eigenvalue weighted by atomic mass is 9.98. The first-order chi connectivity index (χ1) is 7.78. The average Bonchev–Trinajstić information content (AvgIpc) is 2.34. The third-order valence-electron chi connectivity index (χ3n) is 3.10. The molecule has 0 saturated heterocycles. The normalized spacial score (nSPS) is 19.9. The van der Waals surface area contributed by atoms with Gasteiger partial charge in [-0.2, -0.15) is 10.5 Å². The molecule has 0 fully saturated rings. The van der Waals surface area contributed by atoms with Crippen molar-refractivity contribution in [2.24, 2.45) is 0 Å². The lowest BCUT2D eigenvalue weighted by molar-refractivity contribution is 0.607. The van der Waals surface area contributed by atoms with Crippen molar-refractivity contribution in [3.05, 3.63) is 32.1 Å². The van der Waals surface area contributed by atoms with Crippen LogP contribution >= 0.6 is 0 Å². The molecule has 0 bridgehead atoms. The van der Waals surface area contributed by atoms with Gasteiger partial charge in [-0.05, 0) is 38.8 Å². The van der Waals surface area contributed by atoms with Crippen LogP contribution in [0.2, 0.25) is 0 Å². The first kappa shape index (κ1) is 13.2. The van der Waals surface area contributed by atoms with Gasteiger partial charge in [0.05, 0.1) is 16.1 Å². The number of nitriles is 2. The highest BCUT2D eigenvalue weighted by Gasteiger charge is 2.28. The molecule has 0 N–H and O–H groups in total. The Kier molecular flexibility index (Phi) is 3.26. The zero-order valence-corrected chi connectivity index (χ0v) is 10.9. The lowest BCUT2D eigenvalue weighted by Crippen LogP contribution is -2.05. The Morgan fingerprint density at radius 1 is 0.824 bits per heavy atom. The van der Waals surface area contributed by atoms with Crippen LogP contribution < -0.4 is 0 Å². The second-order valence-electron chi connectivity index (χ2n) is 3.84. The fourth-order valence-corrected chi connectivity index (χ4v) is 3.09. The van der Waals surface area contributed by atoms with Crippen molar-refractivity contribution in [3.63, 3.8) is 0 Å². The summed E-state index contributed by atoms with van der Waals surface area (Å²) >= 11 is 0. The molecular formula is C12H12N2O2S. The second-order valence-corrected chi connectivity index (χ2v) is 6.07. The number of nitrogens with zero attached hydrogens (tertiary/aromatic N) is 2. The Morgan fingerprint density at radius 3 is 1.71 bits per heavy atom. The van der Waals surface area contributed by atoms with E-state index >= 15 is 0 Å². The van der Waals surface area contributed by atoms with Crippen LogP contribution in [-0.2, 0) is 9.84 Å². The summed E-state index contributed by atoms with van der Waals surface area (Å²) in [4.78, 5) is 0.149. The van der Waals surface area contributed by atoms with Gasteiger partial charge in [-0.3, -0.25) is 0 Å². The summed E-state index contributed by atoms with van der Waals surface area (Å²) in [5, 5.41) is 18.1. The minimum Gasteiger partial charge on any atom is -0.219 e. The van der Waals surface area contributed by atoms with Crippen LogP contribution in [0.1, 0.15) is 27.7 Å². The van der Waals surface area contributed by atoms with Crippen LogP contribution in [0.5, 0.6) is 0 Å². The summed E-state index contributed by atoms with van der Waals surface area (Å²) in [5.74, 6) is 0. The highest BCUT2D eigenvalue weighted by atomic mass is 32.2. The molecule has 0 radical (unpaired) electrons. The molecule has 1 rings (SSSR count). The molecule has 0 aromatic rings. The first-order valence-electron chi connectivity index (χ1n) is 4.94. The number of rotatable bonds is 0. The second kappa shape index (κ2) is 4.20. The fraction of sp³-hybridized carbons (Fsp3) is 0.333. The SMILES string of the molecule is CC1=C(C#N)C(C#N)=C(C)S(=O)(=O)C(C)=C1C. The van der Waals surface area contributed by atoms with Gasteiger partial charge in [0.2, 0.25) is 0 Å². The van der Waals surface area contributed by atoms with Gasteiger partial charge in [0.25, 0.3) is 0 Å².